The minimum absolute atomic E-state index is 0.0517. The zero-order valence-electron chi connectivity index (χ0n) is 15.8. The number of hydrogen-bond acceptors (Lipinski definition) is 6. The third kappa shape index (κ3) is 2.50. The molecule has 146 valence electrons. The van der Waals surface area contributed by atoms with E-state index < -0.39 is 6.10 Å². The number of anilines is 1. The van der Waals surface area contributed by atoms with Crippen molar-refractivity contribution in [3.8, 4) is 6.07 Å². The van der Waals surface area contributed by atoms with E-state index in [1.807, 2.05) is 19.1 Å². The van der Waals surface area contributed by atoms with Gasteiger partial charge in [0.1, 0.15) is 11.8 Å². The number of hydrogen-bond donors (Lipinski definition) is 2. The molecule has 2 aromatic heterocycles. The van der Waals surface area contributed by atoms with Crippen molar-refractivity contribution in [2.24, 2.45) is 5.41 Å². The Morgan fingerprint density at radius 2 is 2.18 bits per heavy atom. The fourth-order valence-corrected chi connectivity index (χ4v) is 5.29. The third-order valence-electron chi connectivity index (χ3n) is 6.40. The summed E-state index contributed by atoms with van der Waals surface area (Å²) in [6.07, 6.45) is 3.61. The lowest BCUT2D eigenvalue weighted by molar-refractivity contribution is -0.188. The Balaban J connectivity index is 1.34. The molecule has 0 aromatic carbocycles. The maximum Gasteiger partial charge on any atom is 0.251 e. The van der Waals surface area contributed by atoms with Crippen molar-refractivity contribution in [1.29, 1.82) is 5.26 Å². The molecule has 2 bridgehead atoms. The smallest absolute Gasteiger partial charge is 0.251 e. The minimum atomic E-state index is -0.554. The number of nitrogens with one attached hydrogen (secondary N) is 1. The van der Waals surface area contributed by atoms with E-state index in [4.69, 9.17) is 4.74 Å². The van der Waals surface area contributed by atoms with E-state index in [1.54, 1.807) is 16.8 Å². The molecule has 4 fully saturated rings. The van der Waals surface area contributed by atoms with Crippen LogP contribution < -0.4 is 10.2 Å². The number of morpholine rings is 1. The lowest BCUT2D eigenvalue weighted by Crippen LogP contribution is -2.76. The summed E-state index contributed by atoms with van der Waals surface area (Å²) in [5.74, 6) is -0.0824. The van der Waals surface area contributed by atoms with Gasteiger partial charge < -0.3 is 20.1 Å². The highest BCUT2D eigenvalue weighted by molar-refractivity contribution is 5.84. The van der Waals surface area contributed by atoms with Gasteiger partial charge in [-0.05, 0) is 44.4 Å². The SMILES string of the molecule is C[C@@H]1CN(c2ccc(C#N)n3nccc23)C[C@H](C(=O)NC23CC(CO)(C2)C3)O1. The Morgan fingerprint density at radius 3 is 2.89 bits per heavy atom. The topological polar surface area (TPSA) is 103 Å². The fraction of sp³-hybridized carbons (Fsp3) is 0.550. The van der Waals surface area contributed by atoms with Gasteiger partial charge in [0.2, 0.25) is 0 Å². The maximum absolute atomic E-state index is 12.9. The van der Waals surface area contributed by atoms with E-state index in [0.29, 0.717) is 18.8 Å². The van der Waals surface area contributed by atoms with Crippen LogP contribution in [-0.2, 0) is 9.53 Å². The standard InChI is InChI=1S/C20H23N5O3/c1-13-7-24(15-3-2-14(6-21)25-16(15)4-5-22-25)8-17(28-13)18(27)23-20-9-19(10-20,11-20)12-26/h2-5,13,17,26H,7-12H2,1H3,(H,23,27)/t13-,17-,19?,20?/m1/s1. The van der Waals surface area contributed by atoms with E-state index in [0.717, 1.165) is 30.5 Å². The Bertz CT molecular complexity index is 974. The molecule has 0 radical (unpaired) electrons. The number of rotatable bonds is 4. The first kappa shape index (κ1) is 17.5. The molecule has 0 spiro atoms. The largest absolute Gasteiger partial charge is 0.396 e. The minimum Gasteiger partial charge on any atom is -0.396 e. The van der Waals surface area contributed by atoms with E-state index >= 15 is 0 Å². The van der Waals surface area contributed by atoms with Crippen LogP contribution in [0.3, 0.4) is 0 Å². The Labute approximate surface area is 162 Å². The molecule has 1 saturated heterocycles. The molecule has 6 rings (SSSR count). The number of aliphatic hydroxyl groups is 1. The zero-order chi connectivity index (χ0) is 19.5. The van der Waals surface area contributed by atoms with Gasteiger partial charge in [0.05, 0.1) is 30.0 Å². The summed E-state index contributed by atoms with van der Waals surface area (Å²) < 4.78 is 7.57. The average Bonchev–Trinajstić information content (AvgIpc) is 3.11. The number of amides is 1. The van der Waals surface area contributed by atoms with E-state index in [-0.39, 0.29) is 29.6 Å². The summed E-state index contributed by atoms with van der Waals surface area (Å²) in [5, 5.41) is 26.1. The number of aliphatic hydroxyl groups excluding tert-OH is 1. The Kier molecular flexibility index (Phi) is 3.70. The predicted molar refractivity (Wildman–Crippen MR) is 101 cm³/mol. The molecule has 28 heavy (non-hydrogen) atoms. The molecule has 3 aliphatic carbocycles. The molecular formula is C20H23N5O3. The van der Waals surface area contributed by atoms with Crippen LogP contribution in [0.2, 0.25) is 0 Å². The van der Waals surface area contributed by atoms with Crippen LogP contribution in [-0.4, -0.2) is 58.1 Å². The molecule has 2 aromatic rings. The van der Waals surface area contributed by atoms with Crippen molar-refractivity contribution in [2.45, 2.75) is 43.9 Å². The number of carbonyl (C=O) groups is 1. The van der Waals surface area contributed by atoms with Crippen LogP contribution in [0.5, 0.6) is 0 Å². The summed E-state index contributed by atoms with van der Waals surface area (Å²) in [4.78, 5) is 15.0. The molecule has 4 aliphatic rings. The molecule has 1 aliphatic heterocycles. The summed E-state index contributed by atoms with van der Waals surface area (Å²) in [7, 11) is 0. The van der Waals surface area contributed by atoms with Crippen LogP contribution in [0, 0.1) is 16.7 Å². The molecule has 8 heteroatoms. The molecule has 2 N–H and O–H groups in total. The maximum atomic E-state index is 12.9. The molecular weight excluding hydrogens is 358 g/mol. The second-order valence-corrected chi connectivity index (χ2v) is 8.64. The molecule has 0 unspecified atom stereocenters. The lowest BCUT2D eigenvalue weighted by atomic mass is 9.39. The quantitative estimate of drug-likeness (QED) is 0.813. The number of ether oxygens (including phenoxy) is 1. The number of carbonyl (C=O) groups excluding carboxylic acids is 1. The number of aromatic nitrogens is 2. The van der Waals surface area contributed by atoms with E-state index in [9.17, 15) is 15.2 Å². The Morgan fingerprint density at radius 1 is 1.39 bits per heavy atom. The molecule has 3 saturated carbocycles. The summed E-state index contributed by atoms with van der Waals surface area (Å²) in [6.45, 7) is 3.28. The van der Waals surface area contributed by atoms with Gasteiger partial charge in [-0.2, -0.15) is 10.4 Å². The molecule has 3 heterocycles. The molecule has 8 nitrogen and oxygen atoms in total. The van der Waals surface area contributed by atoms with Gasteiger partial charge in [0.25, 0.3) is 5.91 Å². The zero-order valence-corrected chi connectivity index (χ0v) is 15.8. The first-order valence-corrected chi connectivity index (χ1v) is 9.67. The van der Waals surface area contributed by atoms with Crippen LogP contribution >= 0.6 is 0 Å². The second kappa shape index (κ2) is 5.93. The number of fused-ring (bicyclic) bond motifs is 1. The van der Waals surface area contributed by atoms with Gasteiger partial charge >= 0.3 is 0 Å². The van der Waals surface area contributed by atoms with Crippen LogP contribution in [0.4, 0.5) is 5.69 Å². The first-order valence-electron chi connectivity index (χ1n) is 9.67. The Hall–Kier alpha value is -2.63. The molecule has 2 atom stereocenters. The molecule has 1 amide bonds. The first-order chi connectivity index (χ1) is 13.5. The summed E-state index contributed by atoms with van der Waals surface area (Å²) in [6, 6.07) is 7.69. The summed E-state index contributed by atoms with van der Waals surface area (Å²) >= 11 is 0. The van der Waals surface area contributed by atoms with E-state index in [2.05, 4.69) is 21.4 Å². The van der Waals surface area contributed by atoms with Crippen LogP contribution in [0.25, 0.3) is 5.52 Å². The fourth-order valence-electron chi connectivity index (χ4n) is 5.29. The monoisotopic (exact) mass is 381 g/mol. The highest BCUT2D eigenvalue weighted by atomic mass is 16.5. The van der Waals surface area contributed by atoms with Crippen molar-refractivity contribution in [3.63, 3.8) is 0 Å². The predicted octanol–water partition coefficient (Wildman–Crippen LogP) is 0.831. The van der Waals surface area contributed by atoms with Gasteiger partial charge in [0.15, 0.2) is 6.10 Å². The number of pyridine rings is 1. The number of nitriles is 1. The highest BCUT2D eigenvalue weighted by Gasteiger charge is 2.68. The van der Waals surface area contributed by atoms with Gasteiger partial charge in [0, 0.05) is 24.1 Å². The average molecular weight is 381 g/mol. The van der Waals surface area contributed by atoms with Crippen LogP contribution in [0.15, 0.2) is 24.4 Å². The van der Waals surface area contributed by atoms with Gasteiger partial charge in [-0.25, -0.2) is 4.52 Å². The number of nitrogens with zero attached hydrogens (tertiary/aromatic N) is 4. The van der Waals surface area contributed by atoms with Crippen molar-refractivity contribution >= 4 is 17.1 Å². The van der Waals surface area contributed by atoms with Gasteiger partial charge in [-0.1, -0.05) is 0 Å². The third-order valence-corrected chi connectivity index (χ3v) is 6.40. The summed E-state index contributed by atoms with van der Waals surface area (Å²) in [5.41, 5.74) is 2.17. The van der Waals surface area contributed by atoms with Gasteiger partial charge in [-0.15, -0.1) is 0 Å². The van der Waals surface area contributed by atoms with Gasteiger partial charge in [-0.3, -0.25) is 4.79 Å². The van der Waals surface area contributed by atoms with Crippen molar-refractivity contribution in [3.05, 3.63) is 30.1 Å². The highest BCUT2D eigenvalue weighted by Crippen LogP contribution is 2.66. The second-order valence-electron chi connectivity index (χ2n) is 8.64. The van der Waals surface area contributed by atoms with E-state index in [1.165, 1.54) is 0 Å². The normalized spacial score (nSPS) is 33.7. The van der Waals surface area contributed by atoms with Crippen molar-refractivity contribution < 1.29 is 14.6 Å². The van der Waals surface area contributed by atoms with Crippen LogP contribution in [0.1, 0.15) is 31.9 Å². The van der Waals surface area contributed by atoms with Crippen molar-refractivity contribution in [1.82, 2.24) is 14.9 Å². The van der Waals surface area contributed by atoms with Crippen molar-refractivity contribution in [2.75, 3.05) is 24.6 Å². The lowest BCUT2D eigenvalue weighted by Gasteiger charge is -2.70.